The molecule has 1 fully saturated rings. The minimum absolute atomic E-state index is 0.00361. The summed E-state index contributed by atoms with van der Waals surface area (Å²) in [6.07, 6.45) is 5.72. The minimum atomic E-state index is -0.429. The van der Waals surface area contributed by atoms with Crippen LogP contribution in [0.4, 0.5) is 4.39 Å². The molecule has 1 amide bonds. The zero-order valence-corrected chi connectivity index (χ0v) is 13.8. The van der Waals surface area contributed by atoms with E-state index in [1.54, 1.807) is 17.0 Å². The Morgan fingerprint density at radius 2 is 2.30 bits per heavy atom. The van der Waals surface area contributed by atoms with Crippen LogP contribution in [0.3, 0.4) is 0 Å². The normalized spacial score (nSPS) is 18.2. The first-order chi connectivity index (χ1) is 11.0. The first-order valence-electron chi connectivity index (χ1n) is 7.76. The van der Waals surface area contributed by atoms with E-state index >= 15 is 0 Å². The molecule has 1 unspecified atom stereocenters. The molecule has 6 heteroatoms. The molecule has 0 N–H and O–H groups in total. The third-order valence-corrected chi connectivity index (χ3v) is 4.60. The molecule has 1 aliphatic heterocycles. The number of carbonyl (C=O) groups is 1. The Hall–Kier alpha value is -1.88. The Bertz CT molecular complexity index is 695. The Balaban J connectivity index is 1.70. The van der Waals surface area contributed by atoms with Crippen molar-refractivity contribution in [1.82, 2.24) is 14.7 Å². The van der Waals surface area contributed by atoms with E-state index in [-0.39, 0.29) is 23.9 Å². The van der Waals surface area contributed by atoms with Crippen LogP contribution in [-0.2, 0) is 11.2 Å². The maximum absolute atomic E-state index is 13.9. The summed E-state index contributed by atoms with van der Waals surface area (Å²) in [5.41, 5.74) is 1.38. The first kappa shape index (κ1) is 16.0. The van der Waals surface area contributed by atoms with Crippen LogP contribution in [0.15, 0.2) is 30.6 Å². The second kappa shape index (κ2) is 6.71. The standard InChI is InChI=1S/C17H19ClFN3O/c1-12-9-20-22(10-12)13-4-3-7-21(11-13)17(23)8-14-15(18)5-2-6-16(14)19/h2,5-6,9-10,13H,3-4,7-8,11H2,1H3. The number of likely N-dealkylation sites (tertiary alicyclic amines) is 1. The highest BCUT2D eigenvalue weighted by atomic mass is 35.5. The summed E-state index contributed by atoms with van der Waals surface area (Å²) in [6.45, 7) is 3.29. The van der Waals surface area contributed by atoms with Crippen molar-refractivity contribution in [3.8, 4) is 0 Å². The zero-order chi connectivity index (χ0) is 16.4. The molecule has 2 heterocycles. The number of piperidine rings is 1. The number of nitrogens with zero attached hydrogens (tertiary/aromatic N) is 3. The summed E-state index contributed by atoms with van der Waals surface area (Å²) in [7, 11) is 0. The van der Waals surface area contributed by atoms with Crippen molar-refractivity contribution in [3.05, 3.63) is 52.6 Å². The average Bonchev–Trinajstić information content (AvgIpc) is 2.97. The van der Waals surface area contributed by atoms with Gasteiger partial charge in [0.15, 0.2) is 0 Å². The van der Waals surface area contributed by atoms with E-state index < -0.39 is 5.82 Å². The van der Waals surface area contributed by atoms with Crippen molar-refractivity contribution in [3.63, 3.8) is 0 Å². The lowest BCUT2D eigenvalue weighted by atomic mass is 10.0. The summed E-state index contributed by atoms with van der Waals surface area (Å²) in [5.74, 6) is -0.521. The lowest BCUT2D eigenvalue weighted by molar-refractivity contribution is -0.132. The van der Waals surface area contributed by atoms with Crippen molar-refractivity contribution in [2.24, 2.45) is 0 Å². The van der Waals surface area contributed by atoms with Gasteiger partial charge >= 0.3 is 0 Å². The highest BCUT2D eigenvalue weighted by Gasteiger charge is 2.26. The maximum Gasteiger partial charge on any atom is 0.227 e. The molecular formula is C17H19ClFN3O. The van der Waals surface area contributed by atoms with Crippen LogP contribution in [0.1, 0.15) is 30.0 Å². The van der Waals surface area contributed by atoms with Gasteiger partial charge in [0.1, 0.15) is 5.82 Å². The van der Waals surface area contributed by atoms with E-state index in [0.717, 1.165) is 18.4 Å². The Morgan fingerprint density at radius 1 is 1.48 bits per heavy atom. The SMILES string of the molecule is Cc1cnn(C2CCCN(C(=O)Cc3c(F)cccc3Cl)C2)c1. The van der Waals surface area contributed by atoms with Crippen LogP contribution in [0, 0.1) is 12.7 Å². The van der Waals surface area contributed by atoms with Crippen LogP contribution in [-0.4, -0.2) is 33.7 Å². The number of benzene rings is 1. The summed E-state index contributed by atoms with van der Waals surface area (Å²) in [5, 5.41) is 4.64. The highest BCUT2D eigenvalue weighted by Crippen LogP contribution is 2.24. The molecule has 1 aromatic heterocycles. The Morgan fingerprint density at radius 3 is 3.00 bits per heavy atom. The number of carbonyl (C=O) groups excluding carboxylic acids is 1. The fourth-order valence-electron chi connectivity index (χ4n) is 2.99. The van der Waals surface area contributed by atoms with Gasteiger partial charge < -0.3 is 4.90 Å². The smallest absolute Gasteiger partial charge is 0.227 e. The summed E-state index contributed by atoms with van der Waals surface area (Å²) in [4.78, 5) is 14.3. The van der Waals surface area contributed by atoms with Crippen LogP contribution in [0.25, 0.3) is 0 Å². The highest BCUT2D eigenvalue weighted by molar-refractivity contribution is 6.31. The van der Waals surface area contributed by atoms with Gasteiger partial charge in [-0.3, -0.25) is 9.48 Å². The quantitative estimate of drug-likeness (QED) is 0.862. The molecule has 0 spiro atoms. The van der Waals surface area contributed by atoms with Gasteiger partial charge in [-0.25, -0.2) is 4.39 Å². The van der Waals surface area contributed by atoms with E-state index in [1.165, 1.54) is 6.07 Å². The molecule has 2 aromatic rings. The molecule has 1 atom stereocenters. The van der Waals surface area contributed by atoms with Crippen LogP contribution in [0.2, 0.25) is 5.02 Å². The lowest BCUT2D eigenvalue weighted by Crippen LogP contribution is -2.41. The predicted octanol–water partition coefficient (Wildman–Crippen LogP) is 3.39. The monoisotopic (exact) mass is 335 g/mol. The van der Waals surface area contributed by atoms with Gasteiger partial charge in [0.2, 0.25) is 5.91 Å². The number of aromatic nitrogens is 2. The number of rotatable bonds is 3. The van der Waals surface area contributed by atoms with E-state index in [4.69, 9.17) is 11.6 Å². The van der Waals surface area contributed by atoms with E-state index in [2.05, 4.69) is 5.10 Å². The van der Waals surface area contributed by atoms with Crippen molar-refractivity contribution in [2.75, 3.05) is 13.1 Å². The zero-order valence-electron chi connectivity index (χ0n) is 13.0. The molecule has 23 heavy (non-hydrogen) atoms. The van der Waals surface area contributed by atoms with Crippen molar-refractivity contribution >= 4 is 17.5 Å². The van der Waals surface area contributed by atoms with Crippen LogP contribution in [0.5, 0.6) is 0 Å². The van der Waals surface area contributed by atoms with Gasteiger partial charge in [0, 0.05) is 29.9 Å². The molecule has 4 nitrogen and oxygen atoms in total. The van der Waals surface area contributed by atoms with Crippen LogP contribution < -0.4 is 0 Å². The number of aryl methyl sites for hydroxylation is 1. The molecule has 3 rings (SSSR count). The fourth-order valence-corrected chi connectivity index (χ4v) is 3.22. The topological polar surface area (TPSA) is 38.1 Å². The number of amides is 1. The molecule has 0 aliphatic carbocycles. The largest absolute Gasteiger partial charge is 0.340 e. The van der Waals surface area contributed by atoms with E-state index in [9.17, 15) is 9.18 Å². The molecule has 0 radical (unpaired) electrons. The lowest BCUT2D eigenvalue weighted by Gasteiger charge is -2.33. The van der Waals surface area contributed by atoms with Gasteiger partial charge in [-0.2, -0.15) is 5.10 Å². The third kappa shape index (κ3) is 3.55. The van der Waals surface area contributed by atoms with E-state index in [1.807, 2.05) is 24.0 Å². The Kier molecular flexibility index (Phi) is 4.66. The van der Waals surface area contributed by atoms with Crippen LogP contribution >= 0.6 is 11.6 Å². The number of hydrogen-bond acceptors (Lipinski definition) is 2. The molecule has 1 saturated heterocycles. The minimum Gasteiger partial charge on any atom is -0.340 e. The van der Waals surface area contributed by atoms with Crippen molar-refractivity contribution in [1.29, 1.82) is 0 Å². The second-order valence-corrected chi connectivity index (χ2v) is 6.42. The first-order valence-corrected chi connectivity index (χ1v) is 8.14. The summed E-state index contributed by atoms with van der Waals surface area (Å²) in [6, 6.07) is 4.67. The third-order valence-electron chi connectivity index (χ3n) is 4.24. The fraction of sp³-hybridized carbons (Fsp3) is 0.412. The van der Waals surface area contributed by atoms with Crippen molar-refractivity contribution in [2.45, 2.75) is 32.2 Å². The van der Waals surface area contributed by atoms with Gasteiger partial charge in [-0.15, -0.1) is 0 Å². The summed E-state index contributed by atoms with van der Waals surface area (Å²) < 4.78 is 15.8. The average molecular weight is 336 g/mol. The number of hydrogen-bond donors (Lipinski definition) is 0. The summed E-state index contributed by atoms with van der Waals surface area (Å²) >= 11 is 6.01. The maximum atomic E-state index is 13.9. The van der Waals surface area contributed by atoms with Gasteiger partial charge in [0.25, 0.3) is 0 Å². The Labute approximate surface area is 139 Å². The molecule has 1 aliphatic rings. The second-order valence-electron chi connectivity index (χ2n) is 6.01. The van der Waals surface area contributed by atoms with Gasteiger partial charge in [-0.1, -0.05) is 17.7 Å². The van der Waals surface area contributed by atoms with E-state index in [0.29, 0.717) is 18.1 Å². The van der Waals surface area contributed by atoms with Gasteiger partial charge in [0.05, 0.1) is 18.7 Å². The predicted molar refractivity (Wildman–Crippen MR) is 86.9 cm³/mol. The van der Waals surface area contributed by atoms with Crippen molar-refractivity contribution < 1.29 is 9.18 Å². The van der Waals surface area contributed by atoms with Gasteiger partial charge in [-0.05, 0) is 37.5 Å². The molecule has 122 valence electrons. The number of halogens is 2. The molecular weight excluding hydrogens is 317 g/mol. The molecule has 0 saturated carbocycles. The molecule has 1 aromatic carbocycles. The molecule has 0 bridgehead atoms.